The Labute approximate surface area is 107 Å². The first-order valence-electron chi connectivity index (χ1n) is 5.68. The lowest BCUT2D eigenvalue weighted by Crippen LogP contribution is -1.97. The second-order valence-corrected chi connectivity index (χ2v) is 4.74. The molecule has 0 fully saturated rings. The molecule has 0 radical (unpaired) electrons. The molecule has 0 saturated heterocycles. The molecule has 0 bridgehead atoms. The number of nitrogens with two attached hydrogens (primary N) is 1. The molecule has 0 atom stereocenters. The molecule has 0 aromatic heterocycles. The summed E-state index contributed by atoms with van der Waals surface area (Å²) in [4.78, 5) is 0. The maximum absolute atomic E-state index is 6.19. The number of halogens is 1. The van der Waals surface area contributed by atoms with Gasteiger partial charge in [-0.15, -0.1) is 0 Å². The van der Waals surface area contributed by atoms with Crippen LogP contribution in [0.5, 0.6) is 0 Å². The molecule has 0 saturated carbocycles. The van der Waals surface area contributed by atoms with Crippen molar-refractivity contribution in [3.63, 3.8) is 0 Å². The molecule has 0 aliphatic carbocycles. The number of hydrogen-bond donors (Lipinski definition) is 1. The highest BCUT2D eigenvalue weighted by Gasteiger charge is 2.05. The fourth-order valence-corrected chi connectivity index (χ4v) is 2.18. The zero-order valence-electron chi connectivity index (χ0n) is 10.1. The average Bonchev–Trinajstić information content (AvgIpc) is 2.32. The molecule has 2 aromatic rings. The van der Waals surface area contributed by atoms with Crippen molar-refractivity contribution in [1.82, 2.24) is 0 Å². The zero-order valence-corrected chi connectivity index (χ0v) is 10.9. The molecule has 0 spiro atoms. The molecule has 2 heteroatoms. The summed E-state index contributed by atoms with van der Waals surface area (Å²) in [5.41, 5.74) is 11.5. The SMILES string of the molecule is Cc1ccc(C)c(-c2ccc(CN)c(Cl)c2)c1. The predicted molar refractivity (Wildman–Crippen MR) is 74.3 cm³/mol. The predicted octanol–water partition coefficient (Wildman–Crippen LogP) is 4.08. The second-order valence-electron chi connectivity index (χ2n) is 4.33. The Morgan fingerprint density at radius 1 is 1.06 bits per heavy atom. The van der Waals surface area contributed by atoms with Crippen LogP contribution in [0.4, 0.5) is 0 Å². The minimum atomic E-state index is 0.478. The highest BCUT2D eigenvalue weighted by atomic mass is 35.5. The number of rotatable bonds is 2. The molecule has 17 heavy (non-hydrogen) atoms. The van der Waals surface area contributed by atoms with Crippen LogP contribution in [-0.4, -0.2) is 0 Å². The summed E-state index contributed by atoms with van der Waals surface area (Å²) < 4.78 is 0. The third-order valence-electron chi connectivity index (χ3n) is 2.98. The maximum Gasteiger partial charge on any atom is 0.0457 e. The van der Waals surface area contributed by atoms with Crippen LogP contribution in [0, 0.1) is 13.8 Å². The summed E-state index contributed by atoms with van der Waals surface area (Å²) in [7, 11) is 0. The van der Waals surface area contributed by atoms with E-state index in [9.17, 15) is 0 Å². The van der Waals surface area contributed by atoms with Gasteiger partial charge in [-0.05, 0) is 42.2 Å². The first kappa shape index (κ1) is 12.2. The quantitative estimate of drug-likeness (QED) is 0.848. The van der Waals surface area contributed by atoms with Crippen molar-refractivity contribution in [1.29, 1.82) is 0 Å². The van der Waals surface area contributed by atoms with Gasteiger partial charge in [0, 0.05) is 11.6 Å². The van der Waals surface area contributed by atoms with E-state index in [1.807, 2.05) is 12.1 Å². The van der Waals surface area contributed by atoms with Crippen molar-refractivity contribution in [3.8, 4) is 11.1 Å². The van der Waals surface area contributed by atoms with Gasteiger partial charge in [0.1, 0.15) is 0 Å². The lowest BCUT2D eigenvalue weighted by Gasteiger charge is -2.09. The molecule has 2 N–H and O–H groups in total. The highest BCUT2D eigenvalue weighted by molar-refractivity contribution is 6.31. The third-order valence-corrected chi connectivity index (χ3v) is 3.33. The maximum atomic E-state index is 6.19. The highest BCUT2D eigenvalue weighted by Crippen LogP contribution is 2.28. The van der Waals surface area contributed by atoms with E-state index in [2.05, 4.69) is 38.1 Å². The summed E-state index contributed by atoms with van der Waals surface area (Å²) in [6.45, 7) is 4.68. The van der Waals surface area contributed by atoms with Crippen LogP contribution < -0.4 is 5.73 Å². The van der Waals surface area contributed by atoms with Crippen molar-refractivity contribution in [2.45, 2.75) is 20.4 Å². The standard InChI is InChI=1S/C15H16ClN/c1-10-3-4-11(2)14(7-10)12-5-6-13(9-17)15(16)8-12/h3-8H,9,17H2,1-2H3. The topological polar surface area (TPSA) is 26.0 Å². The molecular formula is C15H16ClN. The number of hydrogen-bond acceptors (Lipinski definition) is 1. The van der Waals surface area contributed by atoms with Crippen LogP contribution in [-0.2, 0) is 6.54 Å². The van der Waals surface area contributed by atoms with E-state index >= 15 is 0 Å². The van der Waals surface area contributed by atoms with E-state index in [0.29, 0.717) is 6.54 Å². The molecule has 0 heterocycles. The van der Waals surface area contributed by atoms with Gasteiger partial charge in [-0.2, -0.15) is 0 Å². The van der Waals surface area contributed by atoms with Crippen LogP contribution in [0.15, 0.2) is 36.4 Å². The molecule has 0 aliphatic rings. The fraction of sp³-hybridized carbons (Fsp3) is 0.200. The van der Waals surface area contributed by atoms with Gasteiger partial charge in [0.05, 0.1) is 0 Å². The van der Waals surface area contributed by atoms with E-state index in [0.717, 1.165) is 16.1 Å². The van der Waals surface area contributed by atoms with Crippen LogP contribution in [0.3, 0.4) is 0 Å². The summed E-state index contributed by atoms with van der Waals surface area (Å²) in [6.07, 6.45) is 0. The van der Waals surface area contributed by atoms with Crippen molar-refractivity contribution in [3.05, 3.63) is 58.1 Å². The smallest absolute Gasteiger partial charge is 0.0457 e. The Morgan fingerprint density at radius 2 is 1.82 bits per heavy atom. The Morgan fingerprint density at radius 3 is 2.47 bits per heavy atom. The van der Waals surface area contributed by atoms with Gasteiger partial charge in [-0.1, -0.05) is 47.5 Å². The van der Waals surface area contributed by atoms with E-state index in [-0.39, 0.29) is 0 Å². The van der Waals surface area contributed by atoms with Crippen LogP contribution in [0.2, 0.25) is 5.02 Å². The Bertz CT molecular complexity index is 547. The minimum Gasteiger partial charge on any atom is -0.326 e. The molecule has 1 nitrogen and oxygen atoms in total. The first-order chi connectivity index (χ1) is 8.11. The minimum absolute atomic E-state index is 0.478. The first-order valence-corrected chi connectivity index (χ1v) is 6.05. The van der Waals surface area contributed by atoms with Gasteiger partial charge in [-0.3, -0.25) is 0 Å². The third kappa shape index (κ3) is 2.51. The van der Waals surface area contributed by atoms with Crippen molar-refractivity contribution in [2.75, 3.05) is 0 Å². The average molecular weight is 246 g/mol. The lowest BCUT2D eigenvalue weighted by molar-refractivity contribution is 1.07. The van der Waals surface area contributed by atoms with Crippen LogP contribution >= 0.6 is 11.6 Å². The Balaban J connectivity index is 2.53. The molecule has 0 unspecified atom stereocenters. The van der Waals surface area contributed by atoms with Gasteiger partial charge in [-0.25, -0.2) is 0 Å². The van der Waals surface area contributed by atoms with Gasteiger partial charge >= 0.3 is 0 Å². The summed E-state index contributed by atoms with van der Waals surface area (Å²) in [5.74, 6) is 0. The normalized spacial score (nSPS) is 10.6. The van der Waals surface area contributed by atoms with E-state index < -0.39 is 0 Å². The molecule has 0 aliphatic heterocycles. The van der Waals surface area contributed by atoms with Crippen molar-refractivity contribution >= 4 is 11.6 Å². The van der Waals surface area contributed by atoms with Gasteiger partial charge < -0.3 is 5.73 Å². The lowest BCUT2D eigenvalue weighted by atomic mass is 9.97. The van der Waals surface area contributed by atoms with E-state index in [1.54, 1.807) is 0 Å². The number of aryl methyl sites for hydroxylation is 2. The zero-order chi connectivity index (χ0) is 12.4. The molecule has 2 aromatic carbocycles. The summed E-state index contributed by atoms with van der Waals surface area (Å²) in [5, 5.41) is 0.742. The van der Waals surface area contributed by atoms with Gasteiger partial charge in [0.15, 0.2) is 0 Å². The molecule has 2 rings (SSSR count). The van der Waals surface area contributed by atoms with Crippen LogP contribution in [0.25, 0.3) is 11.1 Å². The number of benzene rings is 2. The molecule has 0 amide bonds. The fourth-order valence-electron chi connectivity index (χ4n) is 1.93. The largest absolute Gasteiger partial charge is 0.326 e. The Hall–Kier alpha value is -1.31. The van der Waals surface area contributed by atoms with Crippen molar-refractivity contribution < 1.29 is 0 Å². The van der Waals surface area contributed by atoms with Crippen LogP contribution in [0.1, 0.15) is 16.7 Å². The summed E-state index contributed by atoms with van der Waals surface area (Å²) in [6, 6.07) is 12.5. The van der Waals surface area contributed by atoms with Crippen molar-refractivity contribution in [2.24, 2.45) is 5.73 Å². The molecule has 88 valence electrons. The van der Waals surface area contributed by atoms with Gasteiger partial charge in [0.2, 0.25) is 0 Å². The summed E-state index contributed by atoms with van der Waals surface area (Å²) >= 11 is 6.19. The van der Waals surface area contributed by atoms with E-state index in [1.165, 1.54) is 16.7 Å². The Kier molecular flexibility index (Phi) is 3.51. The van der Waals surface area contributed by atoms with E-state index in [4.69, 9.17) is 17.3 Å². The second kappa shape index (κ2) is 4.91. The van der Waals surface area contributed by atoms with Gasteiger partial charge in [0.25, 0.3) is 0 Å². The molecular weight excluding hydrogens is 230 g/mol. The monoisotopic (exact) mass is 245 g/mol.